The van der Waals surface area contributed by atoms with Crippen LogP contribution in [0.1, 0.15) is 31.1 Å². The van der Waals surface area contributed by atoms with Crippen LogP contribution < -0.4 is 0 Å². The molecule has 3 saturated heterocycles. The Labute approximate surface area is 164 Å². The lowest BCUT2D eigenvalue weighted by molar-refractivity contribution is -0.150. The van der Waals surface area contributed by atoms with E-state index in [1.807, 2.05) is 35.2 Å². The van der Waals surface area contributed by atoms with Crippen LogP contribution in [0.2, 0.25) is 0 Å². The number of nitrogens with zero attached hydrogens (tertiary/aromatic N) is 4. The number of amides is 1. The van der Waals surface area contributed by atoms with E-state index >= 15 is 0 Å². The molecular formula is C21H26N4O3. The van der Waals surface area contributed by atoms with E-state index in [1.54, 1.807) is 0 Å². The van der Waals surface area contributed by atoms with Gasteiger partial charge in [0.1, 0.15) is 0 Å². The van der Waals surface area contributed by atoms with Gasteiger partial charge in [-0.05, 0) is 38.4 Å². The van der Waals surface area contributed by atoms with Crippen LogP contribution in [-0.2, 0) is 9.53 Å². The van der Waals surface area contributed by atoms with E-state index in [2.05, 4.69) is 22.1 Å². The largest absolute Gasteiger partial charge is 0.381 e. The van der Waals surface area contributed by atoms with Gasteiger partial charge in [0.2, 0.25) is 5.91 Å². The van der Waals surface area contributed by atoms with E-state index in [0.29, 0.717) is 25.0 Å². The van der Waals surface area contributed by atoms with E-state index in [0.717, 1.165) is 50.3 Å². The predicted molar refractivity (Wildman–Crippen MR) is 102 cm³/mol. The third-order valence-electron chi connectivity index (χ3n) is 6.44. The van der Waals surface area contributed by atoms with Crippen molar-refractivity contribution in [3.05, 3.63) is 36.2 Å². The van der Waals surface area contributed by atoms with Crippen molar-refractivity contribution in [2.75, 3.05) is 39.9 Å². The van der Waals surface area contributed by atoms with Gasteiger partial charge in [-0.15, -0.1) is 0 Å². The number of carbonyl (C=O) groups is 1. The van der Waals surface area contributed by atoms with Crippen LogP contribution in [0, 0.1) is 11.3 Å². The number of hydrogen-bond acceptors (Lipinski definition) is 6. The second-order valence-electron chi connectivity index (χ2n) is 8.54. The first-order valence-electron chi connectivity index (χ1n) is 10.1. The van der Waals surface area contributed by atoms with Gasteiger partial charge in [0.05, 0.1) is 6.04 Å². The van der Waals surface area contributed by atoms with E-state index in [4.69, 9.17) is 9.26 Å². The molecule has 0 saturated carbocycles. The molecule has 3 aliphatic heterocycles. The van der Waals surface area contributed by atoms with Gasteiger partial charge >= 0.3 is 0 Å². The standard InChI is InChI=1S/C21H26N4O3/c1-24-12-21(13-25(14-21)20(26)16-7-9-27-10-8-16)11-17(24)18-22-19(28-23-18)15-5-3-2-4-6-15/h2-6,16-17H,7-14H2,1H3. The summed E-state index contributed by atoms with van der Waals surface area (Å²) in [5.41, 5.74) is 1.10. The monoisotopic (exact) mass is 382 g/mol. The van der Waals surface area contributed by atoms with Gasteiger partial charge < -0.3 is 14.2 Å². The molecule has 4 heterocycles. The first kappa shape index (κ1) is 17.8. The highest BCUT2D eigenvalue weighted by Crippen LogP contribution is 2.47. The minimum Gasteiger partial charge on any atom is -0.381 e. The van der Waals surface area contributed by atoms with Crippen LogP contribution in [0.3, 0.4) is 0 Å². The lowest BCUT2D eigenvalue weighted by Crippen LogP contribution is -2.60. The topological polar surface area (TPSA) is 71.7 Å². The number of likely N-dealkylation sites (tertiary alicyclic amines) is 2. The molecule has 148 valence electrons. The Bertz CT molecular complexity index is 840. The summed E-state index contributed by atoms with van der Waals surface area (Å²) in [5.74, 6) is 1.76. The molecule has 1 aromatic heterocycles. The number of aromatic nitrogens is 2. The molecule has 0 aliphatic carbocycles. The Hall–Kier alpha value is -2.25. The minimum absolute atomic E-state index is 0.140. The predicted octanol–water partition coefficient (Wildman–Crippen LogP) is 2.37. The zero-order valence-corrected chi connectivity index (χ0v) is 16.2. The van der Waals surface area contributed by atoms with Crippen molar-refractivity contribution in [1.82, 2.24) is 19.9 Å². The summed E-state index contributed by atoms with van der Waals surface area (Å²) >= 11 is 0. The normalized spacial score (nSPS) is 25.2. The highest BCUT2D eigenvalue weighted by atomic mass is 16.5. The summed E-state index contributed by atoms with van der Waals surface area (Å²) in [5, 5.41) is 4.25. The molecule has 1 aromatic carbocycles. The fourth-order valence-corrected chi connectivity index (χ4v) is 4.98. The number of rotatable bonds is 3. The minimum atomic E-state index is 0.140. The summed E-state index contributed by atoms with van der Waals surface area (Å²) in [6, 6.07) is 10.00. The highest BCUT2D eigenvalue weighted by molar-refractivity contribution is 5.80. The number of carbonyl (C=O) groups excluding carboxylic acids is 1. The summed E-state index contributed by atoms with van der Waals surface area (Å²) in [4.78, 5) is 21.7. The Morgan fingerprint density at radius 1 is 1.14 bits per heavy atom. The maximum absolute atomic E-state index is 12.7. The Kier molecular flexibility index (Phi) is 4.44. The molecule has 0 bridgehead atoms. The van der Waals surface area contributed by atoms with Gasteiger partial charge in [-0.2, -0.15) is 4.98 Å². The second-order valence-corrected chi connectivity index (χ2v) is 8.54. The molecule has 1 atom stereocenters. The number of ether oxygens (including phenoxy) is 1. The maximum atomic E-state index is 12.7. The van der Waals surface area contributed by atoms with Crippen molar-refractivity contribution in [1.29, 1.82) is 0 Å². The van der Waals surface area contributed by atoms with Crippen molar-refractivity contribution in [3.63, 3.8) is 0 Å². The molecule has 0 radical (unpaired) electrons. The second kappa shape index (κ2) is 6.97. The van der Waals surface area contributed by atoms with Crippen LogP contribution >= 0.6 is 0 Å². The Balaban J connectivity index is 1.24. The van der Waals surface area contributed by atoms with E-state index in [9.17, 15) is 4.79 Å². The van der Waals surface area contributed by atoms with Gasteiger partial charge in [0, 0.05) is 49.7 Å². The molecule has 1 spiro atoms. The van der Waals surface area contributed by atoms with Crippen LogP contribution in [0.15, 0.2) is 34.9 Å². The third-order valence-corrected chi connectivity index (χ3v) is 6.44. The van der Waals surface area contributed by atoms with Gasteiger partial charge in [-0.25, -0.2) is 0 Å². The summed E-state index contributed by atoms with van der Waals surface area (Å²) in [6.07, 6.45) is 2.68. The molecule has 5 rings (SSSR count). The van der Waals surface area contributed by atoms with Crippen molar-refractivity contribution in [2.24, 2.45) is 11.3 Å². The molecule has 7 heteroatoms. The van der Waals surface area contributed by atoms with Crippen molar-refractivity contribution in [3.8, 4) is 11.5 Å². The molecule has 2 aromatic rings. The SMILES string of the molecule is CN1CC2(CC1c1noc(-c3ccccc3)n1)CN(C(=O)C1CCOCC1)C2. The van der Waals surface area contributed by atoms with Crippen molar-refractivity contribution < 1.29 is 14.1 Å². The summed E-state index contributed by atoms with van der Waals surface area (Å²) in [7, 11) is 2.11. The van der Waals surface area contributed by atoms with Crippen LogP contribution in [0.25, 0.3) is 11.5 Å². The molecule has 28 heavy (non-hydrogen) atoms. The summed E-state index contributed by atoms with van der Waals surface area (Å²) < 4.78 is 10.9. The lowest BCUT2D eigenvalue weighted by atomic mass is 9.76. The van der Waals surface area contributed by atoms with E-state index in [-0.39, 0.29) is 17.4 Å². The molecule has 3 fully saturated rings. The zero-order valence-electron chi connectivity index (χ0n) is 16.2. The molecule has 1 amide bonds. The average Bonchev–Trinajstić information content (AvgIpc) is 3.32. The first-order valence-corrected chi connectivity index (χ1v) is 10.1. The fraction of sp³-hybridized carbons (Fsp3) is 0.571. The molecule has 3 aliphatic rings. The van der Waals surface area contributed by atoms with Crippen molar-refractivity contribution >= 4 is 5.91 Å². The highest BCUT2D eigenvalue weighted by Gasteiger charge is 2.53. The third kappa shape index (κ3) is 3.12. The van der Waals surface area contributed by atoms with Gasteiger partial charge in [0.25, 0.3) is 5.89 Å². The first-order chi connectivity index (χ1) is 13.6. The fourth-order valence-electron chi connectivity index (χ4n) is 4.98. The van der Waals surface area contributed by atoms with Gasteiger partial charge in [0.15, 0.2) is 5.82 Å². The number of benzene rings is 1. The Morgan fingerprint density at radius 3 is 2.64 bits per heavy atom. The smallest absolute Gasteiger partial charge is 0.257 e. The van der Waals surface area contributed by atoms with Crippen molar-refractivity contribution in [2.45, 2.75) is 25.3 Å². The Morgan fingerprint density at radius 2 is 1.89 bits per heavy atom. The molecule has 7 nitrogen and oxygen atoms in total. The molecule has 0 N–H and O–H groups in total. The number of hydrogen-bond donors (Lipinski definition) is 0. The van der Waals surface area contributed by atoms with E-state index < -0.39 is 0 Å². The maximum Gasteiger partial charge on any atom is 0.257 e. The van der Waals surface area contributed by atoms with Crippen LogP contribution in [-0.4, -0.2) is 65.7 Å². The van der Waals surface area contributed by atoms with E-state index in [1.165, 1.54) is 0 Å². The quantitative estimate of drug-likeness (QED) is 0.812. The average molecular weight is 382 g/mol. The zero-order chi connectivity index (χ0) is 19.1. The van der Waals surface area contributed by atoms with Gasteiger partial charge in [-0.3, -0.25) is 9.69 Å². The van der Waals surface area contributed by atoms with Crippen LogP contribution in [0.4, 0.5) is 0 Å². The lowest BCUT2D eigenvalue weighted by Gasteiger charge is -2.49. The van der Waals surface area contributed by atoms with Crippen LogP contribution in [0.5, 0.6) is 0 Å². The summed E-state index contributed by atoms with van der Waals surface area (Å²) in [6.45, 7) is 4.06. The molecule has 1 unspecified atom stereocenters. The molecular weight excluding hydrogens is 356 g/mol. The van der Waals surface area contributed by atoms with Gasteiger partial charge in [-0.1, -0.05) is 23.4 Å².